The van der Waals surface area contributed by atoms with Gasteiger partial charge in [-0.2, -0.15) is 10.2 Å². The van der Waals surface area contributed by atoms with Crippen LogP contribution in [0, 0.1) is 5.41 Å². The Balaban J connectivity index is 1.68. The number of Topliss-reactive ketones (excluding diaryl/α,β-unsaturated/α-hetero) is 1. The van der Waals surface area contributed by atoms with Crippen molar-refractivity contribution in [1.29, 1.82) is 0 Å². The molecule has 0 amide bonds. The smallest absolute Gasteiger partial charge is 0.164 e. The van der Waals surface area contributed by atoms with Gasteiger partial charge in [0, 0.05) is 42.2 Å². The lowest BCUT2D eigenvalue weighted by Crippen LogP contribution is -2.51. The molecular formula is C26H29N5O. The second-order valence-electron chi connectivity index (χ2n) is 9.74. The number of allylic oxidation sites excluding steroid dienone is 2. The molecule has 2 aromatic rings. The molecule has 2 atom stereocenters. The van der Waals surface area contributed by atoms with Crippen LogP contribution in [-0.4, -0.2) is 24.0 Å². The summed E-state index contributed by atoms with van der Waals surface area (Å²) in [4.78, 5) is 20.0. The number of carbonyl (C=O) groups is 1. The molecule has 1 aliphatic carbocycles. The van der Waals surface area contributed by atoms with Crippen LogP contribution < -0.4 is 10.2 Å². The Morgan fingerprint density at radius 1 is 1.16 bits per heavy atom. The highest BCUT2D eigenvalue weighted by molar-refractivity contribution is 6.01. The van der Waals surface area contributed by atoms with Crippen molar-refractivity contribution in [3.63, 3.8) is 0 Å². The Hall–Kier alpha value is -3.28. The quantitative estimate of drug-likeness (QED) is 0.707. The van der Waals surface area contributed by atoms with Gasteiger partial charge >= 0.3 is 0 Å². The number of hydrogen-bond acceptors (Lipinski definition) is 6. The van der Waals surface area contributed by atoms with E-state index in [1.165, 1.54) is 0 Å². The molecule has 6 heteroatoms. The summed E-state index contributed by atoms with van der Waals surface area (Å²) >= 11 is 0. The highest BCUT2D eigenvalue weighted by Crippen LogP contribution is 2.54. The highest BCUT2D eigenvalue weighted by Gasteiger charge is 2.53. The number of fused-ring (bicyclic) bond motifs is 1. The first-order valence-electron chi connectivity index (χ1n) is 11.2. The van der Waals surface area contributed by atoms with Crippen molar-refractivity contribution in [1.82, 2.24) is 10.3 Å². The summed E-state index contributed by atoms with van der Waals surface area (Å²) in [6, 6.07) is 12.5. The second-order valence-corrected chi connectivity index (χ2v) is 9.74. The van der Waals surface area contributed by atoms with Gasteiger partial charge in [0.1, 0.15) is 0 Å². The first-order chi connectivity index (χ1) is 15.4. The normalized spacial score (nSPS) is 25.7. The van der Waals surface area contributed by atoms with Crippen LogP contribution in [-0.2, 0) is 10.2 Å². The Morgan fingerprint density at radius 2 is 1.97 bits per heavy atom. The minimum absolute atomic E-state index is 0.0677. The zero-order valence-corrected chi connectivity index (χ0v) is 19.1. The molecule has 3 aliphatic rings. The molecule has 1 unspecified atom stereocenters. The largest absolute Gasteiger partial charge is 0.362 e. The molecule has 0 saturated carbocycles. The first-order valence-corrected chi connectivity index (χ1v) is 11.2. The number of azo groups is 1. The Labute approximate surface area is 189 Å². The topological polar surface area (TPSA) is 70.0 Å². The lowest BCUT2D eigenvalue weighted by molar-refractivity contribution is -0.119. The van der Waals surface area contributed by atoms with Crippen molar-refractivity contribution < 1.29 is 4.79 Å². The molecule has 0 radical (unpaired) electrons. The number of aromatic nitrogens is 1. The van der Waals surface area contributed by atoms with Crippen LogP contribution in [0.25, 0.3) is 0 Å². The molecule has 1 aromatic carbocycles. The SMILES string of the molecule is CC[C@]1(c2cccc(N(C)c3cccnc3)c2)C2=CN=NC2NC2=C1C(=O)CC(C)(C)C2. The Bertz CT molecular complexity index is 1160. The third-order valence-electron chi connectivity index (χ3n) is 7.07. The van der Waals surface area contributed by atoms with Crippen molar-refractivity contribution in [2.24, 2.45) is 15.6 Å². The highest BCUT2D eigenvalue weighted by atomic mass is 16.1. The van der Waals surface area contributed by atoms with Gasteiger partial charge < -0.3 is 10.2 Å². The minimum Gasteiger partial charge on any atom is -0.362 e. The molecule has 3 heterocycles. The molecule has 5 rings (SSSR count). The van der Waals surface area contributed by atoms with Crippen molar-refractivity contribution >= 4 is 17.2 Å². The van der Waals surface area contributed by atoms with E-state index >= 15 is 0 Å². The van der Waals surface area contributed by atoms with Crippen LogP contribution >= 0.6 is 0 Å². The summed E-state index contributed by atoms with van der Waals surface area (Å²) in [7, 11) is 2.04. The third-order valence-corrected chi connectivity index (χ3v) is 7.07. The maximum Gasteiger partial charge on any atom is 0.164 e. The summed E-state index contributed by atoms with van der Waals surface area (Å²) in [5.74, 6) is 0.225. The van der Waals surface area contributed by atoms with Gasteiger partial charge in [0.25, 0.3) is 0 Å². The fraction of sp³-hybridized carbons (Fsp3) is 0.385. The van der Waals surface area contributed by atoms with E-state index in [0.29, 0.717) is 6.42 Å². The summed E-state index contributed by atoms with van der Waals surface area (Å²) in [6.45, 7) is 6.49. The average molecular weight is 428 g/mol. The third kappa shape index (κ3) is 3.08. The van der Waals surface area contributed by atoms with Crippen molar-refractivity contribution in [3.8, 4) is 0 Å². The van der Waals surface area contributed by atoms with Crippen LogP contribution in [0.4, 0.5) is 11.4 Å². The molecule has 1 aromatic heterocycles. The predicted molar refractivity (Wildman–Crippen MR) is 126 cm³/mol. The first kappa shape index (κ1) is 20.6. The summed E-state index contributed by atoms with van der Waals surface area (Å²) in [6.07, 6.45) is 7.44. The molecule has 0 saturated heterocycles. The molecule has 164 valence electrons. The van der Waals surface area contributed by atoms with Crippen LogP contribution in [0.3, 0.4) is 0 Å². The minimum atomic E-state index is -0.534. The number of nitrogens with zero attached hydrogens (tertiary/aromatic N) is 4. The van der Waals surface area contributed by atoms with Gasteiger partial charge in [-0.25, -0.2) is 0 Å². The van der Waals surface area contributed by atoms with Crippen LogP contribution in [0.1, 0.15) is 45.6 Å². The van der Waals surface area contributed by atoms with Crippen molar-refractivity contribution in [3.05, 3.63) is 77.4 Å². The number of pyridine rings is 1. The second kappa shape index (κ2) is 7.40. The molecule has 0 bridgehead atoms. The van der Waals surface area contributed by atoms with Gasteiger partial charge in [-0.05, 0) is 48.1 Å². The number of hydrogen-bond donors (Lipinski definition) is 1. The van der Waals surface area contributed by atoms with Crippen molar-refractivity contribution in [2.75, 3.05) is 11.9 Å². The van der Waals surface area contributed by atoms with Crippen LogP contribution in [0.2, 0.25) is 0 Å². The Morgan fingerprint density at radius 3 is 2.72 bits per heavy atom. The van der Waals surface area contributed by atoms with E-state index in [1.54, 1.807) is 6.20 Å². The van der Waals surface area contributed by atoms with E-state index < -0.39 is 5.41 Å². The van der Waals surface area contributed by atoms with E-state index in [4.69, 9.17) is 0 Å². The molecule has 6 nitrogen and oxygen atoms in total. The van der Waals surface area contributed by atoms with Gasteiger partial charge in [0.15, 0.2) is 11.9 Å². The van der Waals surface area contributed by atoms with E-state index in [-0.39, 0.29) is 17.4 Å². The maximum absolute atomic E-state index is 13.6. The van der Waals surface area contributed by atoms with E-state index in [0.717, 1.165) is 46.6 Å². The number of carbonyl (C=O) groups excluding carboxylic acids is 1. The van der Waals surface area contributed by atoms with E-state index in [9.17, 15) is 4.79 Å². The molecule has 32 heavy (non-hydrogen) atoms. The molecular weight excluding hydrogens is 398 g/mol. The zero-order chi connectivity index (χ0) is 22.5. The molecule has 1 N–H and O–H groups in total. The summed E-state index contributed by atoms with van der Waals surface area (Å²) in [5, 5.41) is 12.3. The average Bonchev–Trinajstić information content (AvgIpc) is 3.25. The van der Waals surface area contributed by atoms with Gasteiger partial charge in [0.05, 0.1) is 23.5 Å². The summed E-state index contributed by atoms with van der Waals surface area (Å²) < 4.78 is 0. The number of ketones is 1. The van der Waals surface area contributed by atoms with Crippen LogP contribution in [0.5, 0.6) is 0 Å². The number of benzene rings is 1. The standard InChI is InChI=1S/C26H29N5O/c1-5-26(17-8-6-9-18(12-17)31(4)19-10-7-11-27-15-19)20-16-28-30-24(20)29-21-13-25(2,3)14-22(32)23(21)26/h6-12,15-16,24,29H,5,13-14H2,1-4H3/t24?,26-/m0/s1. The Kier molecular flexibility index (Phi) is 4.77. The fourth-order valence-electron chi connectivity index (χ4n) is 5.57. The summed E-state index contributed by atoms with van der Waals surface area (Å²) in [5.41, 5.74) is 5.57. The van der Waals surface area contributed by atoms with Gasteiger partial charge in [-0.3, -0.25) is 9.78 Å². The maximum atomic E-state index is 13.6. The van der Waals surface area contributed by atoms with Gasteiger partial charge in [-0.15, -0.1) is 0 Å². The number of anilines is 2. The predicted octanol–water partition coefficient (Wildman–Crippen LogP) is 5.42. The number of rotatable bonds is 4. The van der Waals surface area contributed by atoms with Gasteiger partial charge in [0.2, 0.25) is 0 Å². The lowest BCUT2D eigenvalue weighted by Gasteiger charge is -2.48. The fourth-order valence-corrected chi connectivity index (χ4v) is 5.57. The molecule has 2 aliphatic heterocycles. The van der Waals surface area contributed by atoms with Gasteiger partial charge in [-0.1, -0.05) is 32.9 Å². The number of nitrogens with one attached hydrogen (secondary N) is 1. The lowest BCUT2D eigenvalue weighted by atomic mass is 9.59. The monoisotopic (exact) mass is 427 g/mol. The molecule has 0 spiro atoms. The zero-order valence-electron chi connectivity index (χ0n) is 19.1. The van der Waals surface area contributed by atoms with E-state index in [2.05, 4.69) is 70.5 Å². The van der Waals surface area contributed by atoms with Crippen molar-refractivity contribution in [2.45, 2.75) is 51.6 Å². The molecule has 0 fully saturated rings. The van der Waals surface area contributed by atoms with E-state index in [1.807, 2.05) is 31.6 Å². The van der Waals surface area contributed by atoms with Crippen LogP contribution in [0.15, 0.2) is 82.1 Å².